The van der Waals surface area contributed by atoms with Crippen LogP contribution in [0.3, 0.4) is 0 Å². The molecular weight excluding hydrogens is 320 g/mol. The van der Waals surface area contributed by atoms with Gasteiger partial charge in [0.05, 0.1) is 6.54 Å². The predicted octanol–water partition coefficient (Wildman–Crippen LogP) is 1.68. The van der Waals surface area contributed by atoms with Gasteiger partial charge in [-0.3, -0.25) is 24.1 Å². The van der Waals surface area contributed by atoms with Crippen molar-refractivity contribution in [3.63, 3.8) is 0 Å². The lowest BCUT2D eigenvalue weighted by molar-refractivity contribution is -0.173. The fraction of sp³-hybridized carbons (Fsp3) is 0.474. The molecule has 1 aromatic carbocycles. The second-order valence-corrected chi connectivity index (χ2v) is 6.67. The molecule has 3 amide bonds. The maximum absolute atomic E-state index is 13.2. The summed E-state index contributed by atoms with van der Waals surface area (Å²) in [5.41, 5.74) is -0.242. The van der Waals surface area contributed by atoms with Gasteiger partial charge in [0.1, 0.15) is 11.3 Å². The Hall–Kier alpha value is -2.50. The molecule has 1 aromatic rings. The minimum Gasteiger partial charge on any atom is -0.320 e. The maximum Gasteiger partial charge on any atom is 0.319 e. The van der Waals surface area contributed by atoms with Gasteiger partial charge in [0.15, 0.2) is 0 Å². The van der Waals surface area contributed by atoms with E-state index in [9.17, 15) is 19.2 Å². The normalized spacial score (nSPS) is 23.2. The highest BCUT2D eigenvalue weighted by molar-refractivity contribution is 6.40. The Labute approximate surface area is 146 Å². The summed E-state index contributed by atoms with van der Waals surface area (Å²) >= 11 is 0. The SMILES string of the molecule is CCC(=O)CC[C@]12CCCN1C(=O)C(=O)N(Cc1ccccc1)C2=O. The third-order valence-corrected chi connectivity index (χ3v) is 5.20. The van der Waals surface area contributed by atoms with Crippen LogP contribution < -0.4 is 0 Å². The number of Topliss-reactive ketones (excluding diaryl/α,β-unsaturated/α-hetero) is 1. The molecule has 0 radical (unpaired) electrons. The second kappa shape index (κ2) is 6.78. The molecule has 3 rings (SSSR count). The Balaban J connectivity index is 1.90. The number of fused-ring (bicyclic) bond motifs is 1. The van der Waals surface area contributed by atoms with Crippen LogP contribution >= 0.6 is 0 Å². The fourth-order valence-electron chi connectivity index (χ4n) is 3.77. The number of nitrogens with zero attached hydrogens (tertiary/aromatic N) is 2. The number of imide groups is 1. The van der Waals surface area contributed by atoms with Crippen LogP contribution in [0.25, 0.3) is 0 Å². The van der Waals surface area contributed by atoms with E-state index >= 15 is 0 Å². The number of ketones is 1. The van der Waals surface area contributed by atoms with Crippen molar-refractivity contribution in [1.29, 1.82) is 0 Å². The highest BCUT2D eigenvalue weighted by atomic mass is 16.2. The average molecular weight is 342 g/mol. The molecule has 2 aliphatic heterocycles. The van der Waals surface area contributed by atoms with Gasteiger partial charge in [-0.25, -0.2) is 0 Å². The van der Waals surface area contributed by atoms with Crippen molar-refractivity contribution in [1.82, 2.24) is 9.80 Å². The van der Waals surface area contributed by atoms with Gasteiger partial charge >= 0.3 is 11.8 Å². The first-order chi connectivity index (χ1) is 12.0. The second-order valence-electron chi connectivity index (χ2n) is 6.67. The molecule has 2 saturated heterocycles. The van der Waals surface area contributed by atoms with E-state index in [1.807, 2.05) is 30.3 Å². The lowest BCUT2D eigenvalue weighted by atomic mass is 9.85. The van der Waals surface area contributed by atoms with Gasteiger partial charge in [-0.05, 0) is 24.8 Å². The minimum absolute atomic E-state index is 0.0629. The molecule has 2 aliphatic rings. The average Bonchev–Trinajstić information content (AvgIpc) is 3.08. The Morgan fingerprint density at radius 1 is 1.12 bits per heavy atom. The third kappa shape index (κ3) is 2.97. The van der Waals surface area contributed by atoms with Crippen LogP contribution in [-0.2, 0) is 25.7 Å². The third-order valence-electron chi connectivity index (χ3n) is 5.20. The van der Waals surface area contributed by atoms with Gasteiger partial charge in [-0.1, -0.05) is 37.3 Å². The molecule has 0 spiro atoms. The van der Waals surface area contributed by atoms with Crippen molar-refractivity contribution in [2.24, 2.45) is 0 Å². The van der Waals surface area contributed by atoms with Crippen LogP contribution in [0.1, 0.15) is 44.6 Å². The molecule has 1 atom stereocenters. The minimum atomic E-state index is -1.04. The Bertz CT molecular complexity index is 715. The maximum atomic E-state index is 13.2. The molecule has 0 N–H and O–H groups in total. The lowest BCUT2D eigenvalue weighted by Crippen LogP contribution is -2.67. The molecule has 6 heteroatoms. The highest BCUT2D eigenvalue weighted by Gasteiger charge is 2.57. The van der Waals surface area contributed by atoms with Crippen molar-refractivity contribution in [3.05, 3.63) is 35.9 Å². The van der Waals surface area contributed by atoms with Crippen LogP contribution in [0.4, 0.5) is 0 Å². The summed E-state index contributed by atoms with van der Waals surface area (Å²) in [5.74, 6) is -1.68. The summed E-state index contributed by atoms with van der Waals surface area (Å²) in [5, 5.41) is 0. The molecule has 0 bridgehead atoms. The zero-order chi connectivity index (χ0) is 18.0. The number of carbonyl (C=O) groups excluding carboxylic acids is 4. The van der Waals surface area contributed by atoms with E-state index in [0.29, 0.717) is 32.2 Å². The fourth-order valence-corrected chi connectivity index (χ4v) is 3.77. The van der Waals surface area contributed by atoms with Crippen LogP contribution in [0.2, 0.25) is 0 Å². The molecule has 132 valence electrons. The molecule has 0 aromatic heterocycles. The molecule has 25 heavy (non-hydrogen) atoms. The van der Waals surface area contributed by atoms with E-state index in [2.05, 4.69) is 0 Å². The number of rotatable bonds is 6. The molecule has 0 unspecified atom stereocenters. The monoisotopic (exact) mass is 342 g/mol. The molecule has 2 fully saturated rings. The first-order valence-electron chi connectivity index (χ1n) is 8.73. The van der Waals surface area contributed by atoms with Gasteiger partial charge in [0.2, 0.25) is 0 Å². The molecule has 6 nitrogen and oxygen atoms in total. The first-order valence-corrected chi connectivity index (χ1v) is 8.73. The molecule has 2 heterocycles. The van der Waals surface area contributed by atoms with Gasteiger partial charge in [-0.15, -0.1) is 0 Å². The summed E-state index contributed by atoms with van der Waals surface area (Å²) in [6.07, 6.45) is 2.13. The summed E-state index contributed by atoms with van der Waals surface area (Å²) in [6, 6.07) is 9.14. The van der Waals surface area contributed by atoms with Gasteiger partial charge in [0, 0.05) is 19.4 Å². The topological polar surface area (TPSA) is 74.8 Å². The first kappa shape index (κ1) is 17.3. The van der Waals surface area contributed by atoms with Crippen LogP contribution in [0, 0.1) is 0 Å². The van der Waals surface area contributed by atoms with E-state index in [1.54, 1.807) is 6.92 Å². The summed E-state index contributed by atoms with van der Waals surface area (Å²) < 4.78 is 0. The summed E-state index contributed by atoms with van der Waals surface area (Å²) in [7, 11) is 0. The van der Waals surface area contributed by atoms with Gasteiger partial charge in [-0.2, -0.15) is 0 Å². The number of hydrogen-bond acceptors (Lipinski definition) is 4. The quantitative estimate of drug-likeness (QED) is 0.582. The Morgan fingerprint density at radius 2 is 1.84 bits per heavy atom. The van der Waals surface area contributed by atoms with Crippen molar-refractivity contribution in [2.75, 3.05) is 6.54 Å². The number of carbonyl (C=O) groups is 4. The van der Waals surface area contributed by atoms with Crippen molar-refractivity contribution in [3.8, 4) is 0 Å². The van der Waals surface area contributed by atoms with Gasteiger partial charge in [0.25, 0.3) is 5.91 Å². The standard InChI is InChI=1S/C19H22N2O4/c1-2-15(22)9-11-19-10-6-12-21(19)17(24)16(23)20(18(19)25)13-14-7-4-3-5-8-14/h3-5,7-8H,2,6,9-13H2,1H3/t19-/m0/s1. The highest BCUT2D eigenvalue weighted by Crippen LogP contribution is 2.39. The smallest absolute Gasteiger partial charge is 0.319 e. The van der Waals surface area contributed by atoms with Crippen LogP contribution in [0.5, 0.6) is 0 Å². The summed E-state index contributed by atoms with van der Waals surface area (Å²) in [6.45, 7) is 2.27. The van der Waals surface area contributed by atoms with E-state index in [0.717, 1.165) is 10.5 Å². The lowest BCUT2D eigenvalue weighted by Gasteiger charge is -2.44. The number of benzene rings is 1. The van der Waals surface area contributed by atoms with E-state index in [-0.39, 0.29) is 24.7 Å². The largest absolute Gasteiger partial charge is 0.320 e. The van der Waals surface area contributed by atoms with Crippen molar-refractivity contribution >= 4 is 23.5 Å². The number of amides is 3. The molecule has 0 aliphatic carbocycles. The van der Waals surface area contributed by atoms with E-state index in [4.69, 9.17) is 0 Å². The molecule has 0 saturated carbocycles. The zero-order valence-corrected chi connectivity index (χ0v) is 14.4. The van der Waals surface area contributed by atoms with E-state index in [1.165, 1.54) is 4.90 Å². The number of piperazine rings is 1. The van der Waals surface area contributed by atoms with Crippen molar-refractivity contribution < 1.29 is 19.2 Å². The zero-order valence-electron chi connectivity index (χ0n) is 14.4. The van der Waals surface area contributed by atoms with E-state index < -0.39 is 17.4 Å². The predicted molar refractivity (Wildman–Crippen MR) is 90.2 cm³/mol. The van der Waals surface area contributed by atoms with Crippen LogP contribution in [0.15, 0.2) is 30.3 Å². The van der Waals surface area contributed by atoms with Crippen molar-refractivity contribution in [2.45, 2.75) is 51.1 Å². The van der Waals surface area contributed by atoms with Gasteiger partial charge < -0.3 is 4.90 Å². The number of hydrogen-bond donors (Lipinski definition) is 0. The summed E-state index contributed by atoms with van der Waals surface area (Å²) in [4.78, 5) is 52.5. The Kier molecular flexibility index (Phi) is 4.70. The Morgan fingerprint density at radius 3 is 2.52 bits per heavy atom. The van der Waals surface area contributed by atoms with Crippen LogP contribution in [-0.4, -0.2) is 45.4 Å². The molecular formula is C19H22N2O4.